The van der Waals surface area contributed by atoms with Crippen LogP contribution >= 0.6 is 11.3 Å². The normalized spacial score (nSPS) is 18.8. The lowest BCUT2D eigenvalue weighted by Gasteiger charge is -2.29. The Balaban J connectivity index is 1.91. The van der Waals surface area contributed by atoms with E-state index in [1.54, 1.807) is 18.3 Å². The van der Waals surface area contributed by atoms with Gasteiger partial charge in [-0.25, -0.2) is 9.78 Å². The maximum absolute atomic E-state index is 13.1. The number of rotatable bonds is 4. The molecule has 0 radical (unpaired) electrons. The number of benzene rings is 2. The van der Waals surface area contributed by atoms with Gasteiger partial charge in [-0.1, -0.05) is 42.5 Å². The predicted octanol–water partition coefficient (Wildman–Crippen LogP) is 5.89. The third-order valence-corrected chi connectivity index (χ3v) is 6.41. The van der Waals surface area contributed by atoms with Crippen molar-refractivity contribution >= 4 is 33.2 Å². The van der Waals surface area contributed by atoms with Crippen molar-refractivity contribution in [3.63, 3.8) is 0 Å². The number of carbonyl (C=O) groups is 1. The maximum Gasteiger partial charge on any atom is 0.336 e. The number of thiazole rings is 1. The van der Waals surface area contributed by atoms with E-state index in [1.165, 1.54) is 0 Å². The van der Waals surface area contributed by atoms with Crippen LogP contribution in [0.5, 0.6) is 0 Å². The topological polar surface area (TPSA) is 75.3 Å². The van der Waals surface area contributed by atoms with Crippen LogP contribution in [0.15, 0.2) is 64.8 Å². The number of aromatic nitrogens is 1. The molecule has 0 bridgehead atoms. The molecule has 4 rings (SSSR count). The number of ether oxygens (including phenoxy) is 1. The Morgan fingerprint density at radius 3 is 2.55 bits per heavy atom. The lowest BCUT2D eigenvalue weighted by molar-refractivity contribution is -0.143. The van der Waals surface area contributed by atoms with Crippen molar-refractivity contribution in [2.75, 3.05) is 0 Å². The number of para-hydroxylation sites is 1. The molecular formula is C25H23N3O2S. The highest BCUT2D eigenvalue weighted by Crippen LogP contribution is 2.43. The number of aliphatic imine (C=N–C) groups is 1. The number of nitriles is 1. The van der Waals surface area contributed by atoms with Crippen LogP contribution in [-0.4, -0.2) is 22.8 Å². The lowest BCUT2D eigenvalue weighted by atomic mass is 9.76. The molecule has 5 nitrogen and oxygen atoms in total. The second-order valence-corrected chi connectivity index (χ2v) is 8.90. The van der Waals surface area contributed by atoms with E-state index in [2.05, 4.69) is 11.1 Å². The second-order valence-electron chi connectivity index (χ2n) is 7.87. The van der Waals surface area contributed by atoms with Crippen molar-refractivity contribution in [1.82, 2.24) is 4.98 Å². The molecule has 0 saturated carbocycles. The SMILES string of the molecule is CC1=NC(C)=C(C(=O)OC(C)C)C(c2cccc3sc(-c4ccccc4)nc23)C1C#N. The maximum atomic E-state index is 13.1. The van der Waals surface area contributed by atoms with E-state index >= 15 is 0 Å². The zero-order valence-corrected chi connectivity index (χ0v) is 18.7. The number of esters is 1. The summed E-state index contributed by atoms with van der Waals surface area (Å²) in [5.74, 6) is -1.47. The van der Waals surface area contributed by atoms with E-state index < -0.39 is 17.8 Å². The monoisotopic (exact) mass is 429 g/mol. The van der Waals surface area contributed by atoms with E-state index in [0.29, 0.717) is 17.0 Å². The number of carbonyl (C=O) groups excluding carboxylic acids is 1. The summed E-state index contributed by atoms with van der Waals surface area (Å²) in [5, 5.41) is 10.9. The molecule has 3 aromatic rings. The van der Waals surface area contributed by atoms with Gasteiger partial charge in [-0.15, -0.1) is 11.3 Å². The molecular weight excluding hydrogens is 406 g/mol. The zero-order valence-electron chi connectivity index (χ0n) is 17.9. The van der Waals surface area contributed by atoms with Gasteiger partial charge >= 0.3 is 5.97 Å². The fraction of sp³-hybridized carbons (Fsp3) is 0.280. The highest BCUT2D eigenvalue weighted by molar-refractivity contribution is 7.21. The van der Waals surface area contributed by atoms with Gasteiger partial charge in [-0.2, -0.15) is 5.26 Å². The van der Waals surface area contributed by atoms with Gasteiger partial charge in [0.05, 0.1) is 33.9 Å². The van der Waals surface area contributed by atoms with Gasteiger partial charge in [0.1, 0.15) is 5.01 Å². The van der Waals surface area contributed by atoms with E-state index in [0.717, 1.165) is 26.4 Å². The molecule has 156 valence electrons. The highest BCUT2D eigenvalue weighted by Gasteiger charge is 2.39. The summed E-state index contributed by atoms with van der Waals surface area (Å²) in [6.07, 6.45) is -0.263. The van der Waals surface area contributed by atoms with Gasteiger partial charge in [0.25, 0.3) is 0 Å². The summed E-state index contributed by atoms with van der Waals surface area (Å²) in [6, 6.07) is 18.3. The van der Waals surface area contributed by atoms with Gasteiger partial charge in [0.15, 0.2) is 0 Å². The van der Waals surface area contributed by atoms with Gasteiger partial charge < -0.3 is 4.74 Å². The smallest absolute Gasteiger partial charge is 0.336 e. The number of hydrogen-bond acceptors (Lipinski definition) is 6. The van der Waals surface area contributed by atoms with Gasteiger partial charge in [0, 0.05) is 22.9 Å². The number of nitrogens with zero attached hydrogens (tertiary/aromatic N) is 3. The van der Waals surface area contributed by atoms with E-state index in [9.17, 15) is 10.1 Å². The molecule has 0 amide bonds. The Bertz CT molecular complexity index is 1250. The van der Waals surface area contributed by atoms with Crippen molar-refractivity contribution in [2.24, 2.45) is 10.9 Å². The van der Waals surface area contributed by atoms with Gasteiger partial charge in [-0.3, -0.25) is 4.99 Å². The van der Waals surface area contributed by atoms with Crippen molar-refractivity contribution in [3.8, 4) is 16.6 Å². The van der Waals surface area contributed by atoms with Crippen LogP contribution in [0.1, 0.15) is 39.2 Å². The minimum atomic E-state index is -0.564. The number of allylic oxidation sites excluding steroid dienone is 1. The summed E-state index contributed by atoms with van der Waals surface area (Å²) < 4.78 is 6.55. The second kappa shape index (κ2) is 8.44. The third kappa shape index (κ3) is 3.89. The van der Waals surface area contributed by atoms with E-state index in [4.69, 9.17) is 9.72 Å². The van der Waals surface area contributed by atoms with Crippen LogP contribution in [0.3, 0.4) is 0 Å². The van der Waals surface area contributed by atoms with Crippen molar-refractivity contribution in [2.45, 2.75) is 39.7 Å². The first kappa shape index (κ1) is 21.0. The van der Waals surface area contributed by atoms with Crippen LogP contribution in [-0.2, 0) is 9.53 Å². The molecule has 0 spiro atoms. The lowest BCUT2D eigenvalue weighted by Crippen LogP contribution is -2.30. The third-order valence-electron chi connectivity index (χ3n) is 5.34. The molecule has 6 heteroatoms. The summed E-state index contributed by atoms with van der Waals surface area (Å²) >= 11 is 1.60. The molecule has 2 heterocycles. The molecule has 31 heavy (non-hydrogen) atoms. The Hall–Kier alpha value is -3.30. The first-order valence-electron chi connectivity index (χ1n) is 10.2. The first-order valence-corrected chi connectivity index (χ1v) is 11.0. The summed E-state index contributed by atoms with van der Waals surface area (Å²) in [7, 11) is 0. The van der Waals surface area contributed by atoms with Crippen LogP contribution < -0.4 is 0 Å². The summed E-state index contributed by atoms with van der Waals surface area (Å²) in [5.41, 5.74) is 4.43. The highest BCUT2D eigenvalue weighted by atomic mass is 32.1. The standard InChI is InChI=1S/C25H23N3O2S/c1-14(2)30-25(29)21-16(4)27-15(3)19(13-26)22(21)18-11-8-12-20-23(18)28-24(31-20)17-9-6-5-7-10-17/h5-12,14,19,22H,1-4H3. The fourth-order valence-corrected chi connectivity index (χ4v) is 5.01. The molecule has 2 aromatic carbocycles. The van der Waals surface area contributed by atoms with Crippen LogP contribution in [0.4, 0.5) is 0 Å². The fourth-order valence-electron chi connectivity index (χ4n) is 4.01. The largest absolute Gasteiger partial charge is 0.460 e. The Labute approximate surface area is 185 Å². The van der Waals surface area contributed by atoms with Crippen molar-refractivity contribution < 1.29 is 9.53 Å². The summed E-state index contributed by atoms with van der Waals surface area (Å²) in [6.45, 7) is 7.27. The van der Waals surface area contributed by atoms with E-state index in [1.807, 2.05) is 69.3 Å². The van der Waals surface area contributed by atoms with Crippen LogP contribution in [0.2, 0.25) is 0 Å². The van der Waals surface area contributed by atoms with Gasteiger partial charge in [-0.05, 0) is 39.3 Å². The minimum Gasteiger partial charge on any atom is -0.460 e. The molecule has 0 fully saturated rings. The van der Waals surface area contributed by atoms with Crippen molar-refractivity contribution in [1.29, 1.82) is 5.26 Å². The Kier molecular flexibility index (Phi) is 5.71. The van der Waals surface area contributed by atoms with Gasteiger partial charge in [0.2, 0.25) is 0 Å². The van der Waals surface area contributed by atoms with Crippen LogP contribution in [0.25, 0.3) is 20.8 Å². The first-order chi connectivity index (χ1) is 14.9. The Morgan fingerprint density at radius 2 is 1.87 bits per heavy atom. The van der Waals surface area contributed by atoms with Crippen molar-refractivity contribution in [3.05, 3.63) is 65.4 Å². The predicted molar refractivity (Wildman–Crippen MR) is 124 cm³/mol. The quantitative estimate of drug-likeness (QED) is 0.485. The average molecular weight is 430 g/mol. The molecule has 0 saturated heterocycles. The minimum absolute atomic E-state index is 0.263. The summed E-state index contributed by atoms with van der Waals surface area (Å²) in [4.78, 5) is 22.5. The molecule has 1 aliphatic rings. The molecule has 0 aliphatic carbocycles. The average Bonchev–Trinajstić information content (AvgIpc) is 3.18. The Morgan fingerprint density at radius 1 is 1.13 bits per heavy atom. The molecule has 1 aromatic heterocycles. The molecule has 0 N–H and O–H groups in total. The number of fused-ring (bicyclic) bond motifs is 1. The zero-order chi connectivity index (χ0) is 22.1. The number of hydrogen-bond donors (Lipinski definition) is 0. The molecule has 2 atom stereocenters. The molecule has 1 aliphatic heterocycles. The molecule has 2 unspecified atom stereocenters. The van der Waals surface area contributed by atoms with E-state index in [-0.39, 0.29) is 6.10 Å². The van der Waals surface area contributed by atoms with Crippen LogP contribution in [0, 0.1) is 17.2 Å².